The molecule has 2 nitrogen and oxygen atoms in total. The number of hydrogen-bond donors (Lipinski definition) is 0. The van der Waals surface area contributed by atoms with Crippen LogP contribution in [0.5, 0.6) is 0 Å². The highest BCUT2D eigenvalue weighted by Gasteiger charge is 2.22. The van der Waals surface area contributed by atoms with Crippen LogP contribution in [0, 0.1) is 5.92 Å². The third-order valence-corrected chi connectivity index (χ3v) is 3.89. The Balaban J connectivity index is 2.35. The molecule has 0 heterocycles. The number of methoxy groups -OCH3 is 1. The van der Waals surface area contributed by atoms with Crippen LogP contribution in [0.2, 0.25) is 19.6 Å². The highest BCUT2D eigenvalue weighted by atomic mass is 28.3. The largest absolute Gasteiger partial charge is 0.359 e. The zero-order valence-corrected chi connectivity index (χ0v) is 11.9. The summed E-state index contributed by atoms with van der Waals surface area (Å²) < 4.78 is 10.6. The molecule has 0 saturated heterocycles. The van der Waals surface area contributed by atoms with E-state index in [0.717, 1.165) is 12.8 Å². The van der Waals surface area contributed by atoms with Crippen LogP contribution >= 0.6 is 0 Å². The van der Waals surface area contributed by atoms with Crippen molar-refractivity contribution in [3.63, 3.8) is 0 Å². The molecule has 2 atom stereocenters. The van der Waals surface area contributed by atoms with Crippen molar-refractivity contribution in [3.05, 3.63) is 23.9 Å². The van der Waals surface area contributed by atoms with Crippen molar-refractivity contribution in [2.75, 3.05) is 13.9 Å². The molecule has 0 aromatic heterocycles. The molecular formula is C13H24O2Si. The molecule has 0 N–H and O–H groups in total. The van der Waals surface area contributed by atoms with Crippen LogP contribution in [-0.4, -0.2) is 28.1 Å². The average Bonchev–Trinajstić information content (AvgIpc) is 2.60. The smallest absolute Gasteiger partial charge is 0.146 e. The van der Waals surface area contributed by atoms with Gasteiger partial charge in [0.25, 0.3) is 0 Å². The van der Waals surface area contributed by atoms with E-state index in [2.05, 4.69) is 43.6 Å². The summed E-state index contributed by atoms with van der Waals surface area (Å²) in [5.41, 5.74) is 2.41. The van der Waals surface area contributed by atoms with E-state index in [-0.39, 0.29) is 0 Å². The molecule has 0 aliphatic heterocycles. The molecule has 0 aromatic rings. The molecule has 0 amide bonds. The summed E-state index contributed by atoms with van der Waals surface area (Å²) in [6, 6.07) is 0. The zero-order valence-electron chi connectivity index (χ0n) is 10.9. The molecular weight excluding hydrogens is 216 g/mol. The molecule has 0 radical (unpaired) electrons. The number of rotatable bonds is 6. The van der Waals surface area contributed by atoms with E-state index in [1.54, 1.807) is 7.11 Å². The van der Waals surface area contributed by atoms with Crippen LogP contribution in [0.1, 0.15) is 12.8 Å². The van der Waals surface area contributed by atoms with Gasteiger partial charge in [0.15, 0.2) is 0 Å². The molecule has 16 heavy (non-hydrogen) atoms. The van der Waals surface area contributed by atoms with Gasteiger partial charge in [-0.3, -0.25) is 0 Å². The van der Waals surface area contributed by atoms with Crippen molar-refractivity contribution in [1.82, 2.24) is 0 Å². The van der Waals surface area contributed by atoms with E-state index in [1.165, 1.54) is 0 Å². The van der Waals surface area contributed by atoms with Crippen LogP contribution in [0.4, 0.5) is 0 Å². The summed E-state index contributed by atoms with van der Waals surface area (Å²) in [4.78, 5) is 0. The maximum atomic E-state index is 5.64. The maximum Gasteiger partial charge on any atom is 0.146 e. The number of allylic oxidation sites excluding steroid dienone is 1. The molecule has 0 unspecified atom stereocenters. The molecule has 0 spiro atoms. The summed E-state index contributed by atoms with van der Waals surface area (Å²) in [7, 11) is 0.622. The average molecular weight is 240 g/mol. The molecule has 0 bridgehead atoms. The van der Waals surface area contributed by atoms with Crippen molar-refractivity contribution < 1.29 is 9.47 Å². The minimum Gasteiger partial charge on any atom is -0.359 e. The van der Waals surface area contributed by atoms with Gasteiger partial charge in [-0.1, -0.05) is 43.6 Å². The Morgan fingerprint density at radius 1 is 1.38 bits per heavy atom. The summed E-state index contributed by atoms with van der Waals surface area (Å²) >= 11 is 0. The summed E-state index contributed by atoms with van der Waals surface area (Å²) in [6.45, 7) is 7.47. The molecule has 0 aromatic carbocycles. The fourth-order valence-electron chi connectivity index (χ4n) is 1.84. The third kappa shape index (κ3) is 5.10. The van der Waals surface area contributed by atoms with Crippen LogP contribution in [0.25, 0.3) is 0 Å². The van der Waals surface area contributed by atoms with Crippen molar-refractivity contribution in [3.8, 4) is 0 Å². The lowest BCUT2D eigenvalue weighted by molar-refractivity contribution is -0.0799. The molecule has 1 aliphatic rings. The summed E-state index contributed by atoms with van der Waals surface area (Å²) in [5.74, 6) is 0.530. The lowest BCUT2D eigenvalue weighted by atomic mass is 10.0. The second kappa shape index (κ2) is 6.38. The lowest BCUT2D eigenvalue weighted by Crippen LogP contribution is -2.20. The van der Waals surface area contributed by atoms with Gasteiger partial charge in [0.1, 0.15) is 6.79 Å². The first-order valence-corrected chi connectivity index (χ1v) is 9.55. The van der Waals surface area contributed by atoms with Gasteiger partial charge in [-0.15, -0.1) is 0 Å². The van der Waals surface area contributed by atoms with E-state index in [9.17, 15) is 0 Å². The van der Waals surface area contributed by atoms with E-state index in [0.29, 0.717) is 18.8 Å². The lowest BCUT2D eigenvalue weighted by Gasteiger charge is -2.18. The first-order valence-electron chi connectivity index (χ1n) is 5.98. The number of hydrogen-bond acceptors (Lipinski definition) is 2. The fourth-order valence-corrected chi connectivity index (χ4v) is 2.69. The van der Waals surface area contributed by atoms with Gasteiger partial charge in [0.2, 0.25) is 0 Å². The van der Waals surface area contributed by atoms with Crippen LogP contribution < -0.4 is 0 Å². The fraction of sp³-hybridized carbons (Fsp3) is 0.692. The molecule has 92 valence electrons. The van der Waals surface area contributed by atoms with E-state index in [1.807, 2.05) is 0 Å². The molecule has 3 heteroatoms. The first kappa shape index (κ1) is 13.7. The van der Waals surface area contributed by atoms with Gasteiger partial charge >= 0.3 is 0 Å². The van der Waals surface area contributed by atoms with Gasteiger partial charge < -0.3 is 9.47 Å². The molecule has 0 saturated carbocycles. The van der Waals surface area contributed by atoms with E-state index >= 15 is 0 Å². The maximum absolute atomic E-state index is 5.64. The predicted octanol–water partition coefficient (Wildman–Crippen LogP) is 3.38. The number of ether oxygens (including phenoxy) is 2. The zero-order chi connectivity index (χ0) is 12.0. The summed E-state index contributed by atoms with van der Waals surface area (Å²) in [5, 5.41) is 0. The Kier molecular flexibility index (Phi) is 5.45. The quantitative estimate of drug-likeness (QED) is 0.402. The highest BCUT2D eigenvalue weighted by Crippen LogP contribution is 2.25. The second-order valence-electron chi connectivity index (χ2n) is 5.44. The van der Waals surface area contributed by atoms with Gasteiger partial charge in [-0.2, -0.15) is 0 Å². The summed E-state index contributed by atoms with van der Waals surface area (Å²) in [6.07, 6.45) is 9.24. The van der Waals surface area contributed by atoms with Crippen LogP contribution in [0.15, 0.2) is 23.9 Å². The molecule has 1 rings (SSSR count). The predicted molar refractivity (Wildman–Crippen MR) is 71.1 cm³/mol. The van der Waals surface area contributed by atoms with Crippen molar-refractivity contribution in [1.29, 1.82) is 0 Å². The Bertz CT molecular complexity index is 253. The standard InChI is InChI=1S/C13H24O2Si/c1-14-11-15-13-9-5-7-12(13)8-6-10-16(2,3)4/h5-7,10,12-13H,8-9,11H2,1-4H3/b10-6+/t12-,13+/m1/s1. The van der Waals surface area contributed by atoms with Crippen molar-refractivity contribution in [2.24, 2.45) is 5.92 Å². The SMILES string of the molecule is COCO[C@H]1CC=C[C@@H]1C/C=C/[Si](C)(C)C. The normalized spacial score (nSPS) is 25.8. The van der Waals surface area contributed by atoms with Gasteiger partial charge in [0.05, 0.1) is 14.2 Å². The Morgan fingerprint density at radius 3 is 2.75 bits per heavy atom. The molecule has 0 fully saturated rings. The minimum absolute atomic E-state index is 0.311. The van der Waals surface area contributed by atoms with E-state index in [4.69, 9.17) is 9.47 Å². The highest BCUT2D eigenvalue weighted by molar-refractivity contribution is 6.80. The van der Waals surface area contributed by atoms with Gasteiger partial charge in [-0.05, 0) is 12.8 Å². The van der Waals surface area contributed by atoms with Crippen LogP contribution in [-0.2, 0) is 9.47 Å². The Labute approximate surface area is 100 Å². The van der Waals surface area contributed by atoms with Crippen molar-refractivity contribution in [2.45, 2.75) is 38.6 Å². The monoisotopic (exact) mass is 240 g/mol. The van der Waals surface area contributed by atoms with Crippen LogP contribution in [0.3, 0.4) is 0 Å². The molecule has 1 aliphatic carbocycles. The van der Waals surface area contributed by atoms with Gasteiger partial charge in [0, 0.05) is 13.0 Å². The minimum atomic E-state index is -1.05. The third-order valence-electron chi connectivity index (χ3n) is 2.66. The second-order valence-corrected chi connectivity index (χ2v) is 10.5. The van der Waals surface area contributed by atoms with E-state index < -0.39 is 8.07 Å². The Morgan fingerprint density at radius 2 is 2.12 bits per heavy atom. The first-order chi connectivity index (χ1) is 7.53. The van der Waals surface area contributed by atoms with Crippen molar-refractivity contribution >= 4 is 8.07 Å². The van der Waals surface area contributed by atoms with Gasteiger partial charge in [-0.25, -0.2) is 0 Å². The topological polar surface area (TPSA) is 18.5 Å². The Hall–Kier alpha value is -0.383.